The lowest BCUT2D eigenvalue weighted by molar-refractivity contribution is 0.102. The summed E-state index contributed by atoms with van der Waals surface area (Å²) >= 11 is 3.52. The van der Waals surface area contributed by atoms with Gasteiger partial charge >= 0.3 is 0 Å². The van der Waals surface area contributed by atoms with Crippen LogP contribution in [0.1, 0.15) is 39.3 Å². The second-order valence-electron chi connectivity index (χ2n) is 6.81. The zero-order valence-corrected chi connectivity index (χ0v) is 16.4. The van der Waals surface area contributed by atoms with Crippen LogP contribution in [0.3, 0.4) is 0 Å². The Balaban J connectivity index is 1.69. The molecule has 2 aromatic carbocycles. The zero-order valence-electron chi connectivity index (χ0n) is 14.8. The number of aryl methyl sites for hydroxylation is 2. The number of rotatable bonds is 3. The predicted molar refractivity (Wildman–Crippen MR) is 107 cm³/mol. The molecule has 4 nitrogen and oxygen atoms in total. The summed E-state index contributed by atoms with van der Waals surface area (Å²) in [6, 6.07) is 14.1. The van der Waals surface area contributed by atoms with Gasteiger partial charge in [0.2, 0.25) is 0 Å². The van der Waals surface area contributed by atoms with Crippen molar-refractivity contribution in [2.24, 2.45) is 0 Å². The van der Waals surface area contributed by atoms with Crippen LogP contribution in [0.2, 0.25) is 0 Å². The molecule has 132 valence electrons. The molecule has 1 aromatic heterocycles. The summed E-state index contributed by atoms with van der Waals surface area (Å²) in [7, 11) is 0. The number of fused-ring (bicyclic) bond motifs is 1. The fourth-order valence-corrected chi connectivity index (χ4v) is 4.01. The van der Waals surface area contributed by atoms with Crippen LogP contribution < -0.4 is 5.32 Å². The molecule has 5 heteroatoms. The van der Waals surface area contributed by atoms with Gasteiger partial charge in [-0.3, -0.25) is 4.79 Å². The van der Waals surface area contributed by atoms with Gasteiger partial charge < -0.3 is 5.32 Å². The minimum atomic E-state index is -0.154. The Morgan fingerprint density at radius 3 is 2.54 bits per heavy atom. The van der Waals surface area contributed by atoms with E-state index in [9.17, 15) is 4.79 Å². The molecule has 1 aliphatic carbocycles. The number of carbonyl (C=O) groups excluding carboxylic acids is 1. The summed E-state index contributed by atoms with van der Waals surface area (Å²) in [5.74, 6) is -0.154. The second-order valence-corrected chi connectivity index (χ2v) is 7.67. The normalized spacial score (nSPS) is 12.9. The van der Waals surface area contributed by atoms with Crippen LogP contribution in [0, 0.1) is 13.8 Å². The highest BCUT2D eigenvalue weighted by Gasteiger charge is 2.27. The number of hydrogen-bond acceptors (Lipinski definition) is 2. The van der Waals surface area contributed by atoms with E-state index in [0.717, 1.165) is 51.9 Å². The Hall–Kier alpha value is -2.40. The van der Waals surface area contributed by atoms with Crippen LogP contribution in [0.5, 0.6) is 0 Å². The van der Waals surface area contributed by atoms with E-state index >= 15 is 0 Å². The molecule has 1 aliphatic rings. The first-order valence-electron chi connectivity index (χ1n) is 8.78. The van der Waals surface area contributed by atoms with Gasteiger partial charge in [0.15, 0.2) is 5.69 Å². The van der Waals surface area contributed by atoms with Crippen molar-refractivity contribution in [3.63, 3.8) is 0 Å². The van der Waals surface area contributed by atoms with Crippen LogP contribution in [-0.2, 0) is 12.8 Å². The smallest absolute Gasteiger partial charge is 0.276 e. The third kappa shape index (κ3) is 3.07. The topological polar surface area (TPSA) is 46.9 Å². The van der Waals surface area contributed by atoms with Crippen molar-refractivity contribution >= 4 is 27.5 Å². The Bertz CT molecular complexity index is 989. The summed E-state index contributed by atoms with van der Waals surface area (Å²) in [5.41, 5.74) is 6.87. The number of halogens is 1. The molecule has 26 heavy (non-hydrogen) atoms. The molecule has 0 fully saturated rings. The number of benzene rings is 2. The van der Waals surface area contributed by atoms with Crippen molar-refractivity contribution in [3.05, 3.63) is 75.0 Å². The number of amides is 1. The molecular weight excluding hydrogens is 390 g/mol. The van der Waals surface area contributed by atoms with E-state index in [2.05, 4.69) is 57.5 Å². The quantitative estimate of drug-likeness (QED) is 0.661. The van der Waals surface area contributed by atoms with E-state index in [-0.39, 0.29) is 5.91 Å². The lowest BCUT2D eigenvalue weighted by Crippen LogP contribution is -2.15. The number of aromatic nitrogens is 2. The highest BCUT2D eigenvalue weighted by molar-refractivity contribution is 9.10. The fourth-order valence-electron chi connectivity index (χ4n) is 3.42. The maximum atomic E-state index is 12.9. The molecule has 0 saturated heterocycles. The van der Waals surface area contributed by atoms with Crippen molar-refractivity contribution < 1.29 is 4.79 Å². The minimum absolute atomic E-state index is 0.154. The lowest BCUT2D eigenvalue weighted by atomic mass is 10.1. The van der Waals surface area contributed by atoms with E-state index in [1.807, 2.05) is 29.8 Å². The fraction of sp³-hybridized carbons (Fsp3) is 0.238. The van der Waals surface area contributed by atoms with Gasteiger partial charge in [-0.15, -0.1) is 0 Å². The molecule has 3 aromatic rings. The minimum Gasteiger partial charge on any atom is -0.320 e. The van der Waals surface area contributed by atoms with Gasteiger partial charge in [-0.05, 0) is 78.9 Å². The molecule has 0 unspecified atom stereocenters. The average Bonchev–Trinajstić information content (AvgIpc) is 3.20. The van der Waals surface area contributed by atoms with Gasteiger partial charge in [-0.25, -0.2) is 4.68 Å². The van der Waals surface area contributed by atoms with Crippen LogP contribution in [0.25, 0.3) is 5.69 Å². The van der Waals surface area contributed by atoms with Gasteiger partial charge in [-0.2, -0.15) is 5.10 Å². The first-order chi connectivity index (χ1) is 12.5. The van der Waals surface area contributed by atoms with Gasteiger partial charge in [0.25, 0.3) is 5.91 Å². The van der Waals surface area contributed by atoms with Crippen molar-refractivity contribution in [2.45, 2.75) is 33.1 Å². The Morgan fingerprint density at radius 1 is 1.08 bits per heavy atom. The monoisotopic (exact) mass is 409 g/mol. The number of carbonyl (C=O) groups is 1. The Kier molecular flexibility index (Phi) is 4.41. The van der Waals surface area contributed by atoms with Gasteiger partial charge in [0.05, 0.1) is 11.4 Å². The second kappa shape index (κ2) is 6.72. The number of nitrogens with one attached hydrogen (secondary N) is 1. The lowest BCUT2D eigenvalue weighted by Gasteiger charge is -2.08. The molecule has 0 spiro atoms. The van der Waals surface area contributed by atoms with Crippen LogP contribution in [0.15, 0.2) is 46.9 Å². The SMILES string of the molecule is Cc1ccc(-n2nc(C(=O)Nc3ccc(C)cc3Br)c3c2CCC3)cc1. The highest BCUT2D eigenvalue weighted by Crippen LogP contribution is 2.29. The first-order valence-corrected chi connectivity index (χ1v) is 9.57. The molecule has 0 bridgehead atoms. The number of hydrogen-bond donors (Lipinski definition) is 1. The third-order valence-electron chi connectivity index (χ3n) is 4.80. The molecule has 0 radical (unpaired) electrons. The van der Waals surface area contributed by atoms with Crippen LogP contribution >= 0.6 is 15.9 Å². The molecule has 1 amide bonds. The largest absolute Gasteiger partial charge is 0.320 e. The summed E-state index contributed by atoms with van der Waals surface area (Å²) in [6.07, 6.45) is 2.92. The molecule has 0 atom stereocenters. The molecular formula is C21H20BrN3O. The number of anilines is 1. The van der Waals surface area contributed by atoms with Crippen molar-refractivity contribution in [3.8, 4) is 5.69 Å². The molecule has 0 saturated carbocycles. The van der Waals surface area contributed by atoms with Crippen molar-refractivity contribution in [1.82, 2.24) is 9.78 Å². The van der Waals surface area contributed by atoms with Gasteiger partial charge in [0.1, 0.15) is 0 Å². The van der Waals surface area contributed by atoms with Gasteiger partial charge in [-0.1, -0.05) is 23.8 Å². The van der Waals surface area contributed by atoms with Crippen LogP contribution in [0.4, 0.5) is 5.69 Å². The molecule has 1 N–H and O–H groups in total. The molecule has 4 rings (SSSR count). The third-order valence-corrected chi connectivity index (χ3v) is 5.45. The molecule has 1 heterocycles. The summed E-state index contributed by atoms with van der Waals surface area (Å²) in [6.45, 7) is 4.09. The van der Waals surface area contributed by atoms with E-state index in [4.69, 9.17) is 0 Å². The Morgan fingerprint density at radius 2 is 1.81 bits per heavy atom. The van der Waals surface area contributed by atoms with Crippen molar-refractivity contribution in [2.75, 3.05) is 5.32 Å². The zero-order chi connectivity index (χ0) is 18.3. The number of nitrogens with zero attached hydrogens (tertiary/aromatic N) is 2. The molecule has 0 aliphatic heterocycles. The maximum Gasteiger partial charge on any atom is 0.276 e. The summed E-state index contributed by atoms with van der Waals surface area (Å²) in [5, 5.41) is 7.66. The van der Waals surface area contributed by atoms with Crippen LogP contribution in [-0.4, -0.2) is 15.7 Å². The van der Waals surface area contributed by atoms with E-state index in [0.29, 0.717) is 5.69 Å². The standard InChI is InChI=1S/C21H20BrN3O/c1-13-6-9-15(10-7-13)25-19-5-3-4-16(19)20(24-25)21(26)23-18-11-8-14(2)12-17(18)22/h6-12H,3-5H2,1-2H3,(H,23,26). The first kappa shape index (κ1) is 17.0. The summed E-state index contributed by atoms with van der Waals surface area (Å²) < 4.78 is 2.81. The maximum absolute atomic E-state index is 12.9. The Labute approximate surface area is 161 Å². The average molecular weight is 410 g/mol. The van der Waals surface area contributed by atoms with E-state index in [1.54, 1.807) is 0 Å². The predicted octanol–water partition coefficient (Wildman–Crippen LogP) is 4.99. The summed E-state index contributed by atoms with van der Waals surface area (Å²) in [4.78, 5) is 12.9. The van der Waals surface area contributed by atoms with E-state index in [1.165, 1.54) is 5.56 Å². The van der Waals surface area contributed by atoms with Gasteiger partial charge in [0, 0.05) is 15.7 Å². The highest BCUT2D eigenvalue weighted by atomic mass is 79.9. The van der Waals surface area contributed by atoms with E-state index < -0.39 is 0 Å². The van der Waals surface area contributed by atoms with Crippen molar-refractivity contribution in [1.29, 1.82) is 0 Å².